The molecule has 0 radical (unpaired) electrons. The quantitative estimate of drug-likeness (QED) is 0.324. The highest BCUT2D eigenvalue weighted by Crippen LogP contribution is 2.38. The van der Waals surface area contributed by atoms with E-state index >= 15 is 0 Å². The van der Waals surface area contributed by atoms with Crippen molar-refractivity contribution >= 4 is 49.4 Å². The zero-order valence-corrected chi connectivity index (χ0v) is 18.2. The third-order valence-corrected chi connectivity index (χ3v) is 8.11. The Morgan fingerprint density at radius 2 is 1.90 bits per heavy atom. The van der Waals surface area contributed by atoms with Gasteiger partial charge < -0.3 is 0 Å². The lowest BCUT2D eigenvalue weighted by Gasteiger charge is -2.09. The second kappa shape index (κ2) is 6.67. The van der Waals surface area contributed by atoms with Crippen molar-refractivity contribution in [3.63, 3.8) is 0 Å². The van der Waals surface area contributed by atoms with E-state index in [2.05, 4.69) is 35.7 Å². The van der Waals surface area contributed by atoms with Gasteiger partial charge in [-0.05, 0) is 54.8 Å². The van der Waals surface area contributed by atoms with Crippen LogP contribution < -0.4 is 0 Å². The average molecular weight is 440 g/mol. The number of hydrogen-bond acceptors (Lipinski definition) is 6. The molecule has 0 fully saturated rings. The minimum absolute atomic E-state index is 0.724. The van der Waals surface area contributed by atoms with Crippen LogP contribution in [0.1, 0.15) is 23.3 Å². The molecular weight excluding hydrogens is 422 g/mol. The molecule has 0 bridgehead atoms. The Balaban J connectivity index is 1.51. The summed E-state index contributed by atoms with van der Waals surface area (Å²) in [6.07, 6.45) is 6.57. The number of nitrogens with zero attached hydrogens (tertiary/aromatic N) is 5. The van der Waals surface area contributed by atoms with E-state index in [1.807, 2.05) is 28.0 Å². The van der Waals surface area contributed by atoms with Crippen LogP contribution >= 0.6 is 22.7 Å². The molecule has 0 unspecified atom stereocenters. The lowest BCUT2D eigenvalue weighted by atomic mass is 9.97. The van der Waals surface area contributed by atoms with Gasteiger partial charge in [0.1, 0.15) is 11.2 Å². The third-order valence-electron chi connectivity index (χ3n) is 6.02. The SMILES string of the molecule is c1csc(-c2cc(-c3nc4c5c6c(sc5ncn4n3)CCCC6)c3ccccc3n2)c1. The van der Waals surface area contributed by atoms with Gasteiger partial charge in [0.15, 0.2) is 11.5 Å². The van der Waals surface area contributed by atoms with Crippen LogP contribution in [0.2, 0.25) is 0 Å². The predicted molar refractivity (Wildman–Crippen MR) is 127 cm³/mol. The number of aromatic nitrogens is 5. The fourth-order valence-electron chi connectivity index (χ4n) is 4.58. The highest BCUT2D eigenvalue weighted by atomic mass is 32.1. The van der Waals surface area contributed by atoms with E-state index < -0.39 is 0 Å². The van der Waals surface area contributed by atoms with Gasteiger partial charge in [0, 0.05) is 15.8 Å². The van der Waals surface area contributed by atoms with Crippen LogP contribution in [0.25, 0.3) is 48.7 Å². The zero-order valence-electron chi connectivity index (χ0n) is 16.6. The summed E-state index contributed by atoms with van der Waals surface area (Å²) in [5.74, 6) is 0.724. The van der Waals surface area contributed by atoms with E-state index in [-0.39, 0.29) is 0 Å². The summed E-state index contributed by atoms with van der Waals surface area (Å²) in [6.45, 7) is 0. The summed E-state index contributed by atoms with van der Waals surface area (Å²) in [7, 11) is 0. The lowest BCUT2D eigenvalue weighted by Crippen LogP contribution is -1.99. The van der Waals surface area contributed by atoms with Crippen LogP contribution in [0.3, 0.4) is 0 Å². The number of pyridine rings is 1. The second-order valence-electron chi connectivity index (χ2n) is 7.89. The summed E-state index contributed by atoms with van der Waals surface area (Å²) >= 11 is 3.52. The normalized spacial score (nSPS) is 13.9. The Kier molecular flexibility index (Phi) is 3.77. The Labute approximate surface area is 186 Å². The fraction of sp³-hybridized carbons (Fsp3) is 0.167. The van der Waals surface area contributed by atoms with Gasteiger partial charge >= 0.3 is 0 Å². The smallest absolute Gasteiger partial charge is 0.183 e. The highest BCUT2D eigenvalue weighted by molar-refractivity contribution is 7.19. The first-order valence-electron chi connectivity index (χ1n) is 10.4. The molecule has 5 nitrogen and oxygen atoms in total. The summed E-state index contributed by atoms with van der Waals surface area (Å²) in [4.78, 5) is 18.4. The van der Waals surface area contributed by atoms with E-state index in [9.17, 15) is 0 Å². The summed E-state index contributed by atoms with van der Waals surface area (Å²) in [6, 6.07) is 14.5. The molecule has 0 saturated heterocycles. The van der Waals surface area contributed by atoms with Gasteiger partial charge in [-0.3, -0.25) is 0 Å². The van der Waals surface area contributed by atoms with Gasteiger partial charge in [-0.15, -0.1) is 27.8 Å². The van der Waals surface area contributed by atoms with Crippen LogP contribution in [0.4, 0.5) is 0 Å². The van der Waals surface area contributed by atoms with Crippen molar-refractivity contribution in [2.24, 2.45) is 0 Å². The Bertz CT molecular complexity index is 1590. The molecule has 0 aliphatic heterocycles. The topological polar surface area (TPSA) is 56.0 Å². The molecule has 0 N–H and O–H groups in total. The van der Waals surface area contributed by atoms with Crippen LogP contribution in [0.5, 0.6) is 0 Å². The monoisotopic (exact) mass is 439 g/mol. The van der Waals surface area contributed by atoms with Crippen molar-refractivity contribution < 1.29 is 0 Å². The minimum atomic E-state index is 0.724. The number of benzene rings is 1. The van der Waals surface area contributed by atoms with Crippen molar-refractivity contribution in [3.8, 4) is 22.0 Å². The number of rotatable bonds is 2. The fourth-order valence-corrected chi connectivity index (χ4v) is 6.49. The molecule has 1 aliphatic carbocycles. The molecule has 1 aliphatic rings. The van der Waals surface area contributed by atoms with Gasteiger partial charge in [-0.25, -0.2) is 19.5 Å². The molecule has 1 aromatic carbocycles. The molecule has 5 aromatic heterocycles. The predicted octanol–water partition coefficient (Wildman–Crippen LogP) is 6.16. The van der Waals surface area contributed by atoms with Crippen molar-refractivity contribution in [2.45, 2.75) is 25.7 Å². The largest absolute Gasteiger partial charge is 0.247 e. The van der Waals surface area contributed by atoms with Crippen LogP contribution in [-0.2, 0) is 12.8 Å². The molecule has 5 heterocycles. The van der Waals surface area contributed by atoms with Crippen molar-refractivity contribution in [1.82, 2.24) is 24.6 Å². The molecule has 0 saturated carbocycles. The molecular formula is C24H17N5S2. The number of aryl methyl sites for hydroxylation is 2. The van der Waals surface area contributed by atoms with E-state index in [0.717, 1.165) is 56.2 Å². The van der Waals surface area contributed by atoms with Crippen LogP contribution in [0.15, 0.2) is 54.2 Å². The Morgan fingerprint density at radius 1 is 0.968 bits per heavy atom. The van der Waals surface area contributed by atoms with Crippen molar-refractivity contribution in [2.75, 3.05) is 0 Å². The number of fused-ring (bicyclic) bond motifs is 6. The number of thiophene rings is 2. The van der Waals surface area contributed by atoms with Gasteiger partial charge in [0.05, 0.1) is 21.5 Å². The molecule has 150 valence electrons. The first-order chi connectivity index (χ1) is 15.3. The summed E-state index contributed by atoms with van der Waals surface area (Å²) in [5.41, 5.74) is 5.27. The van der Waals surface area contributed by atoms with E-state index in [1.165, 1.54) is 28.7 Å². The van der Waals surface area contributed by atoms with Crippen molar-refractivity contribution in [1.29, 1.82) is 0 Å². The minimum Gasteiger partial charge on any atom is -0.247 e. The molecule has 0 spiro atoms. The first kappa shape index (κ1) is 17.5. The Hall–Kier alpha value is -3.16. The second-order valence-corrected chi connectivity index (χ2v) is 9.92. The standard InChI is InChI=1S/C24H17N5S2/c1-3-8-17-14(6-1)16(12-18(26-17)20-10-5-11-30-20)22-27-23-21-15-7-2-4-9-19(15)31-24(21)25-13-29(23)28-22/h1,3,5-6,8,10-13H,2,4,7,9H2. The maximum Gasteiger partial charge on any atom is 0.183 e. The molecule has 0 atom stereocenters. The third kappa shape index (κ3) is 2.66. The Morgan fingerprint density at radius 3 is 2.84 bits per heavy atom. The number of hydrogen-bond donors (Lipinski definition) is 0. The van der Waals surface area contributed by atoms with Crippen LogP contribution in [-0.4, -0.2) is 24.6 Å². The molecule has 6 aromatic rings. The lowest BCUT2D eigenvalue weighted by molar-refractivity contribution is 0.700. The highest BCUT2D eigenvalue weighted by Gasteiger charge is 2.22. The first-order valence-corrected chi connectivity index (χ1v) is 12.1. The maximum atomic E-state index is 5.06. The van der Waals surface area contributed by atoms with Crippen LogP contribution in [0, 0.1) is 0 Å². The van der Waals surface area contributed by atoms with Crippen molar-refractivity contribution in [3.05, 3.63) is 64.6 Å². The molecule has 7 heteroatoms. The maximum absolute atomic E-state index is 5.06. The summed E-state index contributed by atoms with van der Waals surface area (Å²) in [5, 5.41) is 9.20. The van der Waals surface area contributed by atoms with Gasteiger partial charge in [-0.2, -0.15) is 0 Å². The average Bonchev–Trinajstić information content (AvgIpc) is 3.55. The van der Waals surface area contributed by atoms with E-state index in [1.54, 1.807) is 17.7 Å². The van der Waals surface area contributed by atoms with Gasteiger partial charge in [0.25, 0.3) is 0 Å². The van der Waals surface area contributed by atoms with Gasteiger partial charge in [-0.1, -0.05) is 24.3 Å². The molecule has 7 rings (SSSR count). The van der Waals surface area contributed by atoms with E-state index in [4.69, 9.17) is 20.1 Å². The number of para-hydroxylation sites is 1. The molecule has 31 heavy (non-hydrogen) atoms. The molecule has 0 amide bonds. The zero-order chi connectivity index (χ0) is 20.4. The van der Waals surface area contributed by atoms with Gasteiger partial charge in [0.2, 0.25) is 0 Å². The summed E-state index contributed by atoms with van der Waals surface area (Å²) < 4.78 is 1.85. The van der Waals surface area contributed by atoms with E-state index in [0.29, 0.717) is 0 Å².